The van der Waals surface area contributed by atoms with Crippen LogP contribution in [0.15, 0.2) is 18.2 Å². The Hall–Kier alpha value is -0.930. The lowest BCUT2D eigenvalue weighted by Gasteiger charge is -2.22. The normalized spacial score (nSPS) is 14.2. The summed E-state index contributed by atoms with van der Waals surface area (Å²) in [5.41, 5.74) is 0. The number of amides is 1. The zero-order valence-corrected chi connectivity index (χ0v) is 13.1. The van der Waals surface area contributed by atoms with Crippen molar-refractivity contribution in [3.05, 3.63) is 28.2 Å². The van der Waals surface area contributed by atoms with Gasteiger partial charge in [-0.05, 0) is 37.3 Å². The number of nitrogens with zero attached hydrogens (tertiary/aromatic N) is 1. The van der Waals surface area contributed by atoms with E-state index in [2.05, 4.69) is 6.92 Å². The fourth-order valence-electron chi connectivity index (χ4n) is 2.02. The number of benzene rings is 1. The summed E-state index contributed by atoms with van der Waals surface area (Å²) in [6, 6.07) is 4.98. The zero-order valence-electron chi connectivity index (χ0n) is 11.6. The van der Waals surface area contributed by atoms with Crippen LogP contribution in [0.1, 0.15) is 26.2 Å². The Kier molecular flexibility index (Phi) is 5.55. The first-order chi connectivity index (χ1) is 9.60. The van der Waals surface area contributed by atoms with Gasteiger partial charge in [0.2, 0.25) is 0 Å². The predicted octanol–water partition coefficient (Wildman–Crippen LogP) is 4.02. The molecule has 1 fully saturated rings. The van der Waals surface area contributed by atoms with Gasteiger partial charge in [-0.25, -0.2) is 0 Å². The Morgan fingerprint density at radius 1 is 1.40 bits per heavy atom. The van der Waals surface area contributed by atoms with Crippen LogP contribution in [0.3, 0.4) is 0 Å². The van der Waals surface area contributed by atoms with Crippen LogP contribution in [0, 0.1) is 5.92 Å². The minimum absolute atomic E-state index is 0.00673. The number of ether oxygens (including phenoxy) is 1. The lowest BCUT2D eigenvalue weighted by molar-refractivity contribution is -0.133. The van der Waals surface area contributed by atoms with E-state index >= 15 is 0 Å². The fourth-order valence-corrected chi connectivity index (χ4v) is 2.35. The molecular formula is C15H19Cl2NO2. The van der Waals surface area contributed by atoms with E-state index in [0.717, 1.165) is 19.5 Å². The maximum Gasteiger partial charge on any atom is 0.260 e. The molecule has 0 saturated heterocycles. The lowest BCUT2D eigenvalue weighted by Crippen LogP contribution is -2.37. The standard InChI is InChI=1S/C15H19Cl2NO2/c1-2-7-18(9-11-3-4-11)15(19)10-20-14-8-12(16)5-6-13(14)17/h5-6,8,11H,2-4,7,9-10H2,1H3. The fraction of sp³-hybridized carbons (Fsp3) is 0.533. The third kappa shape index (κ3) is 4.57. The molecule has 1 aliphatic carbocycles. The van der Waals surface area contributed by atoms with Crippen LogP contribution in [0.4, 0.5) is 0 Å². The molecule has 1 aromatic carbocycles. The average molecular weight is 316 g/mol. The highest BCUT2D eigenvalue weighted by Gasteiger charge is 2.26. The second kappa shape index (κ2) is 7.19. The van der Waals surface area contributed by atoms with Crippen molar-refractivity contribution in [3.8, 4) is 5.75 Å². The first-order valence-electron chi connectivity index (χ1n) is 6.95. The van der Waals surface area contributed by atoms with E-state index in [1.807, 2.05) is 4.90 Å². The van der Waals surface area contributed by atoms with Gasteiger partial charge in [0.15, 0.2) is 6.61 Å². The SMILES string of the molecule is CCCN(CC1CC1)C(=O)COc1cc(Cl)ccc1Cl. The monoisotopic (exact) mass is 315 g/mol. The van der Waals surface area contributed by atoms with Crippen LogP contribution >= 0.6 is 23.2 Å². The first-order valence-corrected chi connectivity index (χ1v) is 7.71. The number of carbonyl (C=O) groups is 1. The molecular weight excluding hydrogens is 297 g/mol. The van der Waals surface area contributed by atoms with Gasteiger partial charge in [-0.2, -0.15) is 0 Å². The number of rotatable bonds is 7. The summed E-state index contributed by atoms with van der Waals surface area (Å²) in [7, 11) is 0. The summed E-state index contributed by atoms with van der Waals surface area (Å²) in [6.07, 6.45) is 3.42. The van der Waals surface area contributed by atoms with E-state index in [0.29, 0.717) is 21.7 Å². The van der Waals surface area contributed by atoms with Crippen LogP contribution in [-0.4, -0.2) is 30.5 Å². The molecule has 5 heteroatoms. The van der Waals surface area contributed by atoms with Gasteiger partial charge in [0, 0.05) is 24.2 Å². The van der Waals surface area contributed by atoms with Crippen molar-refractivity contribution in [2.45, 2.75) is 26.2 Å². The molecule has 2 rings (SSSR count). The molecule has 0 unspecified atom stereocenters. The second-order valence-electron chi connectivity index (χ2n) is 5.15. The molecule has 1 aromatic rings. The van der Waals surface area contributed by atoms with Crippen molar-refractivity contribution in [1.82, 2.24) is 4.90 Å². The Balaban J connectivity index is 1.90. The van der Waals surface area contributed by atoms with Crippen LogP contribution < -0.4 is 4.74 Å². The van der Waals surface area contributed by atoms with Crippen LogP contribution in [0.25, 0.3) is 0 Å². The van der Waals surface area contributed by atoms with Crippen molar-refractivity contribution in [1.29, 1.82) is 0 Å². The lowest BCUT2D eigenvalue weighted by atomic mass is 10.3. The molecule has 1 saturated carbocycles. The smallest absolute Gasteiger partial charge is 0.260 e. The van der Waals surface area contributed by atoms with Crippen molar-refractivity contribution >= 4 is 29.1 Å². The molecule has 0 aliphatic heterocycles. The quantitative estimate of drug-likeness (QED) is 0.760. The number of halogens is 2. The van der Waals surface area contributed by atoms with Crippen LogP contribution in [0.2, 0.25) is 10.0 Å². The van der Waals surface area contributed by atoms with Crippen molar-refractivity contribution in [2.24, 2.45) is 5.92 Å². The summed E-state index contributed by atoms with van der Waals surface area (Å²) in [5.74, 6) is 1.14. The highest BCUT2D eigenvalue weighted by molar-refractivity contribution is 6.34. The molecule has 1 aliphatic rings. The molecule has 0 spiro atoms. The Bertz CT molecular complexity index is 475. The maximum atomic E-state index is 12.2. The molecule has 3 nitrogen and oxygen atoms in total. The Labute approximate surface area is 129 Å². The summed E-state index contributed by atoms with van der Waals surface area (Å²) in [5, 5.41) is 1.01. The molecule has 0 aromatic heterocycles. The minimum atomic E-state index is 0.00673. The number of carbonyl (C=O) groups excluding carboxylic acids is 1. The van der Waals surface area contributed by atoms with E-state index in [4.69, 9.17) is 27.9 Å². The molecule has 1 amide bonds. The second-order valence-corrected chi connectivity index (χ2v) is 5.99. The third-order valence-electron chi connectivity index (χ3n) is 3.27. The largest absolute Gasteiger partial charge is 0.482 e. The van der Waals surface area contributed by atoms with Gasteiger partial charge in [-0.3, -0.25) is 4.79 Å². The molecule has 0 atom stereocenters. The van der Waals surface area contributed by atoms with Gasteiger partial charge in [0.1, 0.15) is 5.75 Å². The molecule has 0 heterocycles. The van der Waals surface area contributed by atoms with Crippen molar-refractivity contribution < 1.29 is 9.53 Å². The molecule has 0 radical (unpaired) electrons. The first kappa shape index (κ1) is 15.5. The highest BCUT2D eigenvalue weighted by atomic mass is 35.5. The number of hydrogen-bond donors (Lipinski definition) is 0. The molecule has 0 bridgehead atoms. The van der Waals surface area contributed by atoms with Gasteiger partial charge in [-0.1, -0.05) is 30.1 Å². The average Bonchev–Trinajstić information content (AvgIpc) is 3.23. The zero-order chi connectivity index (χ0) is 14.5. The van der Waals surface area contributed by atoms with E-state index in [1.165, 1.54) is 12.8 Å². The van der Waals surface area contributed by atoms with Gasteiger partial charge < -0.3 is 9.64 Å². The van der Waals surface area contributed by atoms with Crippen LogP contribution in [0.5, 0.6) is 5.75 Å². The molecule has 110 valence electrons. The Morgan fingerprint density at radius 2 is 2.15 bits per heavy atom. The summed E-state index contributed by atoms with van der Waals surface area (Å²) in [6.45, 7) is 3.70. The van der Waals surface area contributed by atoms with Gasteiger partial charge >= 0.3 is 0 Å². The van der Waals surface area contributed by atoms with Crippen molar-refractivity contribution in [3.63, 3.8) is 0 Å². The summed E-state index contributed by atoms with van der Waals surface area (Å²) < 4.78 is 5.50. The Morgan fingerprint density at radius 3 is 2.80 bits per heavy atom. The minimum Gasteiger partial charge on any atom is -0.482 e. The van der Waals surface area contributed by atoms with E-state index < -0.39 is 0 Å². The van der Waals surface area contributed by atoms with Gasteiger partial charge in [-0.15, -0.1) is 0 Å². The molecule has 0 N–H and O–H groups in total. The topological polar surface area (TPSA) is 29.5 Å². The predicted molar refractivity (Wildman–Crippen MR) is 81.6 cm³/mol. The number of hydrogen-bond acceptors (Lipinski definition) is 2. The third-order valence-corrected chi connectivity index (χ3v) is 3.81. The van der Waals surface area contributed by atoms with E-state index in [-0.39, 0.29) is 12.5 Å². The van der Waals surface area contributed by atoms with Crippen LogP contribution in [-0.2, 0) is 4.79 Å². The van der Waals surface area contributed by atoms with Gasteiger partial charge in [0.25, 0.3) is 5.91 Å². The summed E-state index contributed by atoms with van der Waals surface area (Å²) in [4.78, 5) is 14.1. The summed E-state index contributed by atoms with van der Waals surface area (Å²) >= 11 is 11.9. The van der Waals surface area contributed by atoms with Gasteiger partial charge in [0.05, 0.1) is 5.02 Å². The molecule has 20 heavy (non-hydrogen) atoms. The van der Waals surface area contributed by atoms with Crippen molar-refractivity contribution in [2.75, 3.05) is 19.7 Å². The highest BCUT2D eigenvalue weighted by Crippen LogP contribution is 2.30. The van der Waals surface area contributed by atoms with E-state index in [9.17, 15) is 4.79 Å². The van der Waals surface area contributed by atoms with E-state index in [1.54, 1.807) is 18.2 Å². The maximum absolute atomic E-state index is 12.2.